The van der Waals surface area contributed by atoms with E-state index in [9.17, 15) is 9.59 Å². The molecule has 7 heteroatoms. The van der Waals surface area contributed by atoms with Gasteiger partial charge in [-0.15, -0.1) is 11.3 Å². The summed E-state index contributed by atoms with van der Waals surface area (Å²) in [5.41, 5.74) is 0.791. The molecule has 1 amide bonds. The monoisotopic (exact) mass is 302 g/mol. The van der Waals surface area contributed by atoms with Crippen molar-refractivity contribution in [3.8, 4) is 0 Å². The molecule has 0 aromatic carbocycles. The maximum Gasteiger partial charge on any atom is 0.308 e. The van der Waals surface area contributed by atoms with Crippen LogP contribution in [0.2, 0.25) is 0 Å². The summed E-state index contributed by atoms with van der Waals surface area (Å²) < 4.78 is 0.881. The smallest absolute Gasteiger partial charge is 0.308 e. The zero-order chi connectivity index (χ0) is 14.4. The van der Waals surface area contributed by atoms with Crippen molar-refractivity contribution in [2.24, 2.45) is 0 Å². The van der Waals surface area contributed by atoms with Gasteiger partial charge in [0.1, 0.15) is 4.34 Å². The van der Waals surface area contributed by atoms with Crippen molar-refractivity contribution in [3.63, 3.8) is 0 Å². The quantitative estimate of drug-likeness (QED) is 0.616. The van der Waals surface area contributed by atoms with Crippen LogP contribution in [0.5, 0.6) is 0 Å². The molecule has 0 bridgehead atoms. The number of hydrogen-bond acceptors (Lipinski definition) is 5. The number of carbonyl (C=O) groups is 2. The maximum atomic E-state index is 11.4. The summed E-state index contributed by atoms with van der Waals surface area (Å²) in [7, 11) is 3.50. The van der Waals surface area contributed by atoms with Crippen LogP contribution in [0.25, 0.3) is 0 Å². The molecular formula is C12H18N2O3S2. The van der Waals surface area contributed by atoms with Crippen molar-refractivity contribution in [2.75, 3.05) is 19.8 Å². The largest absolute Gasteiger partial charge is 0.481 e. The Hall–Kier alpha value is -1.08. The molecule has 0 saturated carbocycles. The van der Waals surface area contributed by atoms with Gasteiger partial charge < -0.3 is 10.0 Å². The molecule has 0 spiro atoms. The van der Waals surface area contributed by atoms with Gasteiger partial charge in [0.2, 0.25) is 5.91 Å². The predicted octanol–water partition coefficient (Wildman–Crippen LogP) is 2.04. The number of thioether (sulfide) groups is 1. The van der Waals surface area contributed by atoms with E-state index in [1.165, 1.54) is 11.3 Å². The minimum absolute atomic E-state index is 0.0309. The van der Waals surface area contributed by atoms with E-state index < -0.39 is 5.97 Å². The molecule has 1 aromatic rings. The van der Waals surface area contributed by atoms with Gasteiger partial charge in [0.15, 0.2) is 0 Å². The summed E-state index contributed by atoms with van der Waals surface area (Å²) in [5, 5.41) is 8.76. The normalized spacial score (nSPS) is 10.5. The number of carboxylic acids is 1. The van der Waals surface area contributed by atoms with Gasteiger partial charge in [-0.05, 0) is 13.3 Å². The van der Waals surface area contributed by atoms with Gasteiger partial charge in [0, 0.05) is 31.1 Å². The topological polar surface area (TPSA) is 70.5 Å². The third-order valence-corrected chi connectivity index (χ3v) is 4.83. The van der Waals surface area contributed by atoms with E-state index in [-0.39, 0.29) is 12.3 Å². The summed E-state index contributed by atoms with van der Waals surface area (Å²) >= 11 is 3.01. The molecule has 0 unspecified atom stereocenters. The molecule has 19 heavy (non-hydrogen) atoms. The minimum atomic E-state index is -0.833. The van der Waals surface area contributed by atoms with E-state index in [1.54, 1.807) is 30.8 Å². The number of thiazole rings is 1. The SMILES string of the molecule is Cc1nc(SCCCC(=O)N(C)C)sc1CC(=O)O. The highest BCUT2D eigenvalue weighted by molar-refractivity contribution is 8.01. The minimum Gasteiger partial charge on any atom is -0.481 e. The first kappa shape index (κ1) is 16.0. The second-order valence-corrected chi connectivity index (χ2v) is 6.72. The first-order valence-corrected chi connectivity index (χ1v) is 7.71. The van der Waals surface area contributed by atoms with Crippen LogP contribution in [-0.2, 0) is 16.0 Å². The molecule has 0 aliphatic carbocycles. The molecular weight excluding hydrogens is 284 g/mol. The molecule has 0 aliphatic rings. The Morgan fingerprint density at radius 1 is 1.42 bits per heavy atom. The van der Waals surface area contributed by atoms with Crippen LogP contribution in [0.1, 0.15) is 23.4 Å². The first-order chi connectivity index (χ1) is 8.90. The molecule has 0 aliphatic heterocycles. The van der Waals surface area contributed by atoms with Crippen molar-refractivity contribution in [3.05, 3.63) is 10.6 Å². The van der Waals surface area contributed by atoms with E-state index in [1.807, 2.05) is 6.92 Å². The lowest BCUT2D eigenvalue weighted by Crippen LogP contribution is -2.21. The lowest BCUT2D eigenvalue weighted by atomic mass is 10.3. The molecule has 106 valence electrons. The Kier molecular flexibility index (Phi) is 6.30. The van der Waals surface area contributed by atoms with Gasteiger partial charge in [0.25, 0.3) is 0 Å². The molecule has 1 rings (SSSR count). The van der Waals surface area contributed by atoms with Gasteiger partial charge in [-0.25, -0.2) is 4.98 Å². The second-order valence-electron chi connectivity index (χ2n) is 4.30. The zero-order valence-corrected chi connectivity index (χ0v) is 12.9. The Labute approximate surface area is 121 Å². The standard InChI is InChI=1S/C12H18N2O3S2/c1-8-9(7-11(16)17)19-12(13-8)18-6-4-5-10(15)14(2)3/h4-7H2,1-3H3,(H,16,17). The number of aryl methyl sites for hydroxylation is 1. The van der Waals surface area contributed by atoms with Gasteiger partial charge >= 0.3 is 5.97 Å². The molecule has 1 N–H and O–H groups in total. The Balaban J connectivity index is 2.38. The molecule has 1 heterocycles. The summed E-state index contributed by atoms with van der Waals surface area (Å²) in [6.45, 7) is 1.83. The average Bonchev–Trinajstić information content (AvgIpc) is 2.64. The van der Waals surface area contributed by atoms with Crippen LogP contribution in [0.4, 0.5) is 0 Å². The Bertz CT molecular complexity index is 458. The fourth-order valence-corrected chi connectivity index (χ4v) is 3.61. The highest BCUT2D eigenvalue weighted by Crippen LogP contribution is 2.28. The van der Waals surface area contributed by atoms with Crippen molar-refractivity contribution >= 4 is 35.0 Å². The number of amides is 1. The molecule has 1 aromatic heterocycles. The molecule has 0 saturated heterocycles. The first-order valence-electron chi connectivity index (χ1n) is 5.91. The lowest BCUT2D eigenvalue weighted by Gasteiger charge is -2.08. The molecule has 0 atom stereocenters. The summed E-state index contributed by atoms with van der Waals surface area (Å²) in [6, 6.07) is 0. The van der Waals surface area contributed by atoms with Crippen LogP contribution in [0, 0.1) is 6.92 Å². The van der Waals surface area contributed by atoms with Crippen molar-refractivity contribution in [1.82, 2.24) is 9.88 Å². The summed E-state index contributed by atoms with van der Waals surface area (Å²) in [4.78, 5) is 28.8. The van der Waals surface area contributed by atoms with Crippen molar-refractivity contribution in [1.29, 1.82) is 0 Å². The van der Waals surface area contributed by atoms with Crippen LogP contribution in [0.3, 0.4) is 0 Å². The third kappa shape index (κ3) is 5.61. The third-order valence-electron chi connectivity index (χ3n) is 2.44. The van der Waals surface area contributed by atoms with Crippen molar-refractivity contribution in [2.45, 2.75) is 30.5 Å². The number of nitrogens with zero attached hydrogens (tertiary/aromatic N) is 2. The second kappa shape index (κ2) is 7.49. The summed E-state index contributed by atoms with van der Waals surface area (Å²) in [5.74, 6) is 0.112. The van der Waals surface area contributed by atoms with Crippen molar-refractivity contribution < 1.29 is 14.7 Å². The van der Waals surface area contributed by atoms with E-state index in [4.69, 9.17) is 5.11 Å². The fourth-order valence-electron chi connectivity index (χ4n) is 1.37. The average molecular weight is 302 g/mol. The van der Waals surface area contributed by atoms with Gasteiger partial charge in [0.05, 0.1) is 12.1 Å². The van der Waals surface area contributed by atoms with Crippen LogP contribution >= 0.6 is 23.1 Å². The van der Waals surface area contributed by atoms with E-state index in [0.29, 0.717) is 6.42 Å². The fraction of sp³-hybridized carbons (Fsp3) is 0.583. The maximum absolute atomic E-state index is 11.4. The number of aromatic nitrogens is 1. The van der Waals surface area contributed by atoms with E-state index in [2.05, 4.69) is 4.98 Å². The highest BCUT2D eigenvalue weighted by Gasteiger charge is 2.11. The van der Waals surface area contributed by atoms with Gasteiger partial charge in [-0.3, -0.25) is 9.59 Å². The Morgan fingerprint density at radius 3 is 2.68 bits per heavy atom. The highest BCUT2D eigenvalue weighted by atomic mass is 32.2. The summed E-state index contributed by atoms with van der Waals surface area (Å²) in [6.07, 6.45) is 1.37. The predicted molar refractivity (Wildman–Crippen MR) is 76.8 cm³/mol. The Morgan fingerprint density at radius 2 is 2.11 bits per heavy atom. The zero-order valence-electron chi connectivity index (χ0n) is 11.3. The molecule has 5 nitrogen and oxygen atoms in total. The number of rotatable bonds is 7. The van der Waals surface area contributed by atoms with Gasteiger partial charge in [-0.1, -0.05) is 11.8 Å². The van der Waals surface area contributed by atoms with Crippen LogP contribution in [0.15, 0.2) is 4.34 Å². The molecule has 0 radical (unpaired) electrons. The number of hydrogen-bond donors (Lipinski definition) is 1. The number of carbonyl (C=O) groups excluding carboxylic acids is 1. The number of aliphatic carboxylic acids is 1. The van der Waals surface area contributed by atoms with E-state index >= 15 is 0 Å². The van der Waals surface area contributed by atoms with Crippen LogP contribution < -0.4 is 0 Å². The van der Waals surface area contributed by atoms with Gasteiger partial charge in [-0.2, -0.15) is 0 Å². The van der Waals surface area contributed by atoms with Crippen LogP contribution in [-0.4, -0.2) is 46.7 Å². The lowest BCUT2D eigenvalue weighted by molar-refractivity contribution is -0.136. The van der Waals surface area contributed by atoms with E-state index in [0.717, 1.165) is 27.1 Å². The molecule has 0 fully saturated rings. The number of carboxylic acid groups (broad SMARTS) is 1.